The maximum absolute atomic E-state index is 6.41. The lowest BCUT2D eigenvalue weighted by Crippen LogP contribution is -2.26. The number of benzene rings is 2. The largest absolute Gasteiger partial charge is 0.497 e. The normalized spacial score (nSPS) is 11.3. The van der Waals surface area contributed by atoms with E-state index in [-0.39, 0.29) is 11.4 Å². The van der Waals surface area contributed by atoms with E-state index in [1.165, 1.54) is 0 Å². The van der Waals surface area contributed by atoms with Gasteiger partial charge in [0.05, 0.1) is 32.5 Å². The zero-order valence-electron chi connectivity index (χ0n) is 20.6. The van der Waals surface area contributed by atoms with Crippen LogP contribution in [0.2, 0.25) is 0 Å². The molecule has 0 aliphatic heterocycles. The second kappa shape index (κ2) is 11.1. The summed E-state index contributed by atoms with van der Waals surface area (Å²) in [4.78, 5) is 8.16. The summed E-state index contributed by atoms with van der Waals surface area (Å²) >= 11 is 0. The van der Waals surface area contributed by atoms with Crippen molar-refractivity contribution >= 4 is 11.8 Å². The number of hydrogen-bond acceptors (Lipinski definition) is 8. The molecule has 1 heterocycles. The number of ether oxygens (including phenoxy) is 4. The number of rotatable bonds is 11. The molecule has 182 valence electrons. The standard InChI is InChI=1S/C26H34N4O4/c1-6-33-21-12-17(11-19-14-29-25(28)30-24(19)27)13-22(34-16-26(2,3)15-31-4)23(21)18-7-9-20(32-5)10-8-18/h7-10,12-14H,6,11,15-16H2,1-5H3,(H4,27,28,29,30). The summed E-state index contributed by atoms with van der Waals surface area (Å²) in [5.74, 6) is 2.72. The van der Waals surface area contributed by atoms with Crippen molar-refractivity contribution in [3.63, 3.8) is 0 Å². The van der Waals surface area contributed by atoms with Gasteiger partial charge in [-0.15, -0.1) is 0 Å². The van der Waals surface area contributed by atoms with Gasteiger partial charge in [0.25, 0.3) is 0 Å². The Morgan fingerprint density at radius 3 is 2.21 bits per heavy atom. The Kier molecular flexibility index (Phi) is 8.17. The molecule has 3 rings (SSSR count). The fourth-order valence-electron chi connectivity index (χ4n) is 3.67. The van der Waals surface area contributed by atoms with Crippen molar-refractivity contribution in [1.82, 2.24) is 9.97 Å². The van der Waals surface area contributed by atoms with Crippen LogP contribution in [0.25, 0.3) is 11.1 Å². The van der Waals surface area contributed by atoms with Gasteiger partial charge in [-0.1, -0.05) is 26.0 Å². The summed E-state index contributed by atoms with van der Waals surface area (Å²) in [6.07, 6.45) is 2.16. The molecule has 0 spiro atoms. The first-order chi connectivity index (χ1) is 16.3. The molecular formula is C26H34N4O4. The number of hydrogen-bond donors (Lipinski definition) is 2. The van der Waals surface area contributed by atoms with Gasteiger partial charge < -0.3 is 30.4 Å². The minimum absolute atomic E-state index is 0.149. The molecule has 4 N–H and O–H groups in total. The smallest absolute Gasteiger partial charge is 0.221 e. The summed E-state index contributed by atoms with van der Waals surface area (Å²) in [5, 5.41) is 0. The van der Waals surface area contributed by atoms with Crippen LogP contribution in [0.4, 0.5) is 11.8 Å². The molecule has 8 nitrogen and oxygen atoms in total. The van der Waals surface area contributed by atoms with Gasteiger partial charge in [0.2, 0.25) is 5.95 Å². The average Bonchev–Trinajstić information content (AvgIpc) is 2.80. The van der Waals surface area contributed by atoms with Crippen LogP contribution in [0.15, 0.2) is 42.6 Å². The van der Waals surface area contributed by atoms with Crippen molar-refractivity contribution in [2.24, 2.45) is 5.41 Å². The van der Waals surface area contributed by atoms with Crippen LogP contribution >= 0.6 is 0 Å². The summed E-state index contributed by atoms with van der Waals surface area (Å²) in [6.45, 7) is 7.70. The third-order valence-electron chi connectivity index (χ3n) is 5.27. The Labute approximate surface area is 201 Å². The third kappa shape index (κ3) is 6.29. The molecule has 34 heavy (non-hydrogen) atoms. The molecule has 8 heteroatoms. The van der Waals surface area contributed by atoms with Crippen LogP contribution in [-0.2, 0) is 11.2 Å². The highest BCUT2D eigenvalue weighted by atomic mass is 16.5. The molecule has 0 unspecified atom stereocenters. The van der Waals surface area contributed by atoms with E-state index in [2.05, 4.69) is 23.8 Å². The second-order valence-corrected chi connectivity index (χ2v) is 8.83. The Morgan fingerprint density at radius 2 is 1.62 bits per heavy atom. The van der Waals surface area contributed by atoms with Crippen molar-refractivity contribution < 1.29 is 18.9 Å². The van der Waals surface area contributed by atoms with Crippen LogP contribution in [-0.4, -0.2) is 44.0 Å². The number of aromatic nitrogens is 2. The van der Waals surface area contributed by atoms with Crippen molar-refractivity contribution in [2.45, 2.75) is 27.2 Å². The quantitative estimate of drug-likeness (QED) is 0.428. The summed E-state index contributed by atoms with van der Waals surface area (Å²) in [6, 6.07) is 11.9. The summed E-state index contributed by atoms with van der Waals surface area (Å²) in [5.41, 5.74) is 15.1. The molecule has 0 amide bonds. The SMILES string of the molecule is CCOc1cc(Cc2cnc(N)nc2N)cc(OCC(C)(C)COC)c1-c1ccc(OC)cc1. The lowest BCUT2D eigenvalue weighted by Gasteiger charge is -2.25. The number of methoxy groups -OCH3 is 2. The summed E-state index contributed by atoms with van der Waals surface area (Å²) < 4.78 is 23.2. The van der Waals surface area contributed by atoms with E-state index < -0.39 is 0 Å². The highest BCUT2D eigenvalue weighted by Crippen LogP contribution is 2.41. The Morgan fingerprint density at radius 1 is 0.941 bits per heavy atom. The number of nitrogen functional groups attached to an aromatic ring is 2. The monoisotopic (exact) mass is 466 g/mol. The predicted molar refractivity (Wildman–Crippen MR) is 134 cm³/mol. The molecule has 0 aliphatic rings. The van der Waals surface area contributed by atoms with E-state index in [0.29, 0.717) is 37.8 Å². The number of nitrogens with two attached hydrogens (primary N) is 2. The zero-order valence-corrected chi connectivity index (χ0v) is 20.6. The number of nitrogens with zero attached hydrogens (tertiary/aromatic N) is 2. The first-order valence-electron chi connectivity index (χ1n) is 11.2. The Hall–Kier alpha value is -3.52. The molecule has 0 saturated carbocycles. The molecule has 0 aliphatic carbocycles. The van der Waals surface area contributed by atoms with Crippen LogP contribution < -0.4 is 25.7 Å². The second-order valence-electron chi connectivity index (χ2n) is 8.83. The minimum Gasteiger partial charge on any atom is -0.497 e. The molecule has 0 bridgehead atoms. The Balaban J connectivity index is 2.08. The number of anilines is 2. The van der Waals surface area contributed by atoms with Crippen molar-refractivity contribution in [3.05, 3.63) is 53.7 Å². The van der Waals surface area contributed by atoms with E-state index in [0.717, 1.165) is 33.8 Å². The molecular weight excluding hydrogens is 432 g/mol. The molecule has 1 aromatic heterocycles. The molecule has 0 saturated heterocycles. The van der Waals surface area contributed by atoms with Crippen molar-refractivity contribution in [2.75, 3.05) is 45.5 Å². The van der Waals surface area contributed by atoms with Crippen LogP contribution in [0.3, 0.4) is 0 Å². The lowest BCUT2D eigenvalue weighted by molar-refractivity contribution is 0.0645. The molecule has 0 atom stereocenters. The topological polar surface area (TPSA) is 115 Å². The molecule has 2 aromatic carbocycles. The van der Waals surface area contributed by atoms with Crippen molar-refractivity contribution in [1.29, 1.82) is 0 Å². The lowest BCUT2D eigenvalue weighted by atomic mass is 9.95. The van der Waals surface area contributed by atoms with Crippen LogP contribution in [0.5, 0.6) is 17.2 Å². The highest BCUT2D eigenvalue weighted by Gasteiger charge is 2.22. The van der Waals surface area contributed by atoms with Crippen molar-refractivity contribution in [3.8, 4) is 28.4 Å². The molecule has 0 radical (unpaired) electrons. The first kappa shape index (κ1) is 25.1. The molecule has 0 fully saturated rings. The van der Waals surface area contributed by atoms with Crippen LogP contribution in [0, 0.1) is 5.41 Å². The molecule has 3 aromatic rings. The maximum atomic E-state index is 6.41. The van der Waals surface area contributed by atoms with Gasteiger partial charge in [-0.25, -0.2) is 4.98 Å². The predicted octanol–water partition coefficient (Wildman–Crippen LogP) is 4.36. The third-order valence-corrected chi connectivity index (χ3v) is 5.27. The zero-order chi connectivity index (χ0) is 24.7. The maximum Gasteiger partial charge on any atom is 0.221 e. The summed E-state index contributed by atoms with van der Waals surface area (Å²) in [7, 11) is 3.34. The van der Waals surface area contributed by atoms with Gasteiger partial charge in [-0.2, -0.15) is 4.98 Å². The Bertz CT molecular complexity index is 1100. The highest BCUT2D eigenvalue weighted by molar-refractivity contribution is 5.78. The van der Waals surface area contributed by atoms with E-state index >= 15 is 0 Å². The van der Waals surface area contributed by atoms with Gasteiger partial charge in [-0.3, -0.25) is 0 Å². The van der Waals surface area contributed by atoms with Gasteiger partial charge >= 0.3 is 0 Å². The van der Waals surface area contributed by atoms with E-state index in [1.807, 2.05) is 43.3 Å². The fraction of sp³-hybridized carbons (Fsp3) is 0.385. The van der Waals surface area contributed by atoms with E-state index in [1.54, 1.807) is 20.4 Å². The van der Waals surface area contributed by atoms with E-state index in [9.17, 15) is 0 Å². The van der Waals surface area contributed by atoms with Gasteiger partial charge in [0.1, 0.15) is 23.1 Å². The van der Waals surface area contributed by atoms with Gasteiger partial charge in [0.15, 0.2) is 0 Å². The van der Waals surface area contributed by atoms with Gasteiger partial charge in [0, 0.05) is 30.7 Å². The fourth-order valence-corrected chi connectivity index (χ4v) is 3.67. The van der Waals surface area contributed by atoms with Crippen LogP contribution in [0.1, 0.15) is 31.9 Å². The average molecular weight is 467 g/mol. The first-order valence-corrected chi connectivity index (χ1v) is 11.2. The van der Waals surface area contributed by atoms with E-state index in [4.69, 9.17) is 30.4 Å². The minimum atomic E-state index is -0.178. The van der Waals surface area contributed by atoms with Gasteiger partial charge in [-0.05, 0) is 42.3 Å².